The van der Waals surface area contributed by atoms with Gasteiger partial charge in [-0.15, -0.1) is 0 Å². The third kappa shape index (κ3) is 2.86. The summed E-state index contributed by atoms with van der Waals surface area (Å²) in [6, 6.07) is 6.01. The summed E-state index contributed by atoms with van der Waals surface area (Å²) in [7, 11) is 0. The standard InChI is InChI=1S/C9H7F3N.Al.2H/c1-13-8(9(10,11)12)7-5-3-2-4-6-7;;;/h1-6,8H;;;. The Balaban J connectivity index is 3.01. The van der Waals surface area contributed by atoms with Crippen molar-refractivity contribution >= 4 is 21.4 Å². The SMILES string of the molecule is FC(F)(F)C(N=[CH][AlH2])c1ccccc1. The first kappa shape index (κ1) is 11.3. The van der Waals surface area contributed by atoms with Crippen molar-refractivity contribution in [3.8, 4) is 0 Å². The zero-order valence-electron chi connectivity index (χ0n) is 7.62. The lowest BCUT2D eigenvalue weighted by Crippen LogP contribution is -2.19. The Kier molecular flexibility index (Phi) is 3.73. The van der Waals surface area contributed by atoms with E-state index < -0.39 is 12.2 Å². The van der Waals surface area contributed by atoms with Crippen LogP contribution >= 0.6 is 0 Å². The van der Waals surface area contributed by atoms with E-state index in [2.05, 4.69) is 4.99 Å². The highest BCUT2D eigenvalue weighted by Gasteiger charge is 2.39. The number of rotatable bonds is 2. The van der Waals surface area contributed by atoms with Crippen LogP contribution in [0.5, 0.6) is 0 Å². The number of nitrogens with zero attached hydrogens (tertiary/aromatic N) is 1. The summed E-state index contributed by atoms with van der Waals surface area (Å²) >= 11 is 0.530. The maximum absolute atomic E-state index is 12.5. The zero-order valence-corrected chi connectivity index (χ0v) is 9.62. The molecule has 0 spiro atoms. The number of alkyl halides is 3. The minimum Gasteiger partial charge on any atom is -0.299 e. The van der Waals surface area contributed by atoms with Crippen LogP contribution in [-0.2, 0) is 0 Å². The molecule has 74 valence electrons. The molecule has 1 nitrogen and oxygen atoms in total. The molecule has 0 fully saturated rings. The molecule has 0 aliphatic rings. The molecule has 14 heavy (non-hydrogen) atoms. The van der Waals surface area contributed by atoms with Crippen molar-refractivity contribution in [2.24, 2.45) is 4.99 Å². The van der Waals surface area contributed by atoms with E-state index in [1.807, 2.05) is 0 Å². The van der Waals surface area contributed by atoms with Gasteiger partial charge in [0.05, 0.1) is 0 Å². The number of hydrogen-bond acceptors (Lipinski definition) is 1. The van der Waals surface area contributed by atoms with E-state index in [0.717, 1.165) is 0 Å². The summed E-state index contributed by atoms with van der Waals surface area (Å²) in [4.78, 5) is 3.48. The second-order valence-electron chi connectivity index (χ2n) is 2.76. The monoisotopic (exact) mass is 215 g/mol. The van der Waals surface area contributed by atoms with E-state index in [-0.39, 0.29) is 5.56 Å². The molecule has 0 heterocycles. The minimum atomic E-state index is -4.30. The Hall–Kier alpha value is -0.788. The first-order chi connectivity index (χ1) is 6.55. The van der Waals surface area contributed by atoms with Gasteiger partial charge >= 0.3 is 6.18 Å². The molecule has 1 atom stereocenters. The molecule has 5 heteroatoms. The quantitative estimate of drug-likeness (QED) is 0.528. The molecule has 1 aromatic carbocycles. The van der Waals surface area contributed by atoms with Gasteiger partial charge in [-0.05, 0) is 5.56 Å². The Morgan fingerprint density at radius 2 is 1.79 bits per heavy atom. The van der Waals surface area contributed by atoms with Crippen LogP contribution in [0.2, 0.25) is 0 Å². The van der Waals surface area contributed by atoms with Crippen LogP contribution in [-0.4, -0.2) is 27.5 Å². The summed E-state index contributed by atoms with van der Waals surface area (Å²) in [5.41, 5.74) is 0.187. The second kappa shape index (κ2) is 4.63. The van der Waals surface area contributed by atoms with Crippen molar-refractivity contribution in [2.45, 2.75) is 12.2 Å². The molecule has 0 N–H and O–H groups in total. The predicted octanol–water partition coefficient (Wildman–Crippen LogP) is 1.95. The van der Waals surface area contributed by atoms with Gasteiger partial charge in [0.2, 0.25) is 0 Å². The average Bonchev–Trinajstić information content (AvgIpc) is 2.14. The fourth-order valence-electron chi connectivity index (χ4n) is 1.14. The van der Waals surface area contributed by atoms with Crippen LogP contribution in [0.25, 0.3) is 0 Å². The summed E-state index contributed by atoms with van der Waals surface area (Å²) < 4.78 is 37.5. The molecule has 0 amide bonds. The first-order valence-electron chi connectivity index (χ1n) is 4.15. The summed E-state index contributed by atoms with van der Waals surface area (Å²) in [5, 5.41) is 1.31. The summed E-state index contributed by atoms with van der Waals surface area (Å²) in [5.74, 6) is 0. The molecule has 1 unspecified atom stereocenters. The minimum absolute atomic E-state index is 0.187. The van der Waals surface area contributed by atoms with E-state index in [0.29, 0.717) is 16.3 Å². The van der Waals surface area contributed by atoms with Crippen LogP contribution in [0, 0.1) is 0 Å². The normalized spacial score (nSPS) is 14.5. The molecule has 0 aromatic heterocycles. The van der Waals surface area contributed by atoms with Gasteiger partial charge in [-0.1, -0.05) is 35.4 Å². The number of hydrogen-bond donors (Lipinski definition) is 0. The molecular formula is C9H9AlF3N. The van der Waals surface area contributed by atoms with Crippen molar-refractivity contribution < 1.29 is 13.2 Å². The molecule has 0 aliphatic heterocycles. The van der Waals surface area contributed by atoms with E-state index in [4.69, 9.17) is 0 Å². The van der Waals surface area contributed by atoms with Crippen molar-refractivity contribution in [1.82, 2.24) is 0 Å². The van der Waals surface area contributed by atoms with Crippen LogP contribution < -0.4 is 0 Å². The van der Waals surface area contributed by atoms with Gasteiger partial charge in [0, 0.05) is 0 Å². The van der Waals surface area contributed by atoms with Gasteiger partial charge in [0.15, 0.2) is 6.04 Å². The third-order valence-electron chi connectivity index (χ3n) is 1.72. The molecular weight excluding hydrogens is 206 g/mol. The van der Waals surface area contributed by atoms with Gasteiger partial charge < -0.3 is 0 Å². The molecule has 0 saturated carbocycles. The molecule has 1 aromatic rings. The molecule has 0 radical (unpaired) electrons. The van der Waals surface area contributed by atoms with E-state index in [1.54, 1.807) is 18.2 Å². The Morgan fingerprint density at radius 3 is 2.21 bits per heavy atom. The first-order valence-corrected chi connectivity index (χ1v) is 5.30. The Morgan fingerprint density at radius 1 is 1.21 bits per heavy atom. The van der Waals surface area contributed by atoms with Crippen molar-refractivity contribution in [3.63, 3.8) is 0 Å². The fourth-order valence-corrected chi connectivity index (χ4v) is 1.44. The smallest absolute Gasteiger partial charge is 0.299 e. The predicted molar refractivity (Wildman–Crippen MR) is 52.3 cm³/mol. The highest BCUT2D eigenvalue weighted by Crippen LogP contribution is 2.35. The van der Waals surface area contributed by atoms with Crippen molar-refractivity contribution in [2.75, 3.05) is 0 Å². The summed E-state index contributed by atoms with van der Waals surface area (Å²) in [6.07, 6.45) is -4.30. The lowest BCUT2D eigenvalue weighted by molar-refractivity contribution is -0.148. The molecule has 0 aliphatic carbocycles. The van der Waals surface area contributed by atoms with Gasteiger partial charge in [-0.3, -0.25) is 4.99 Å². The maximum Gasteiger partial charge on any atom is 0.414 e. The number of halogens is 3. The lowest BCUT2D eigenvalue weighted by Gasteiger charge is -2.16. The van der Waals surface area contributed by atoms with Crippen molar-refractivity contribution in [3.05, 3.63) is 35.9 Å². The molecule has 0 bridgehead atoms. The van der Waals surface area contributed by atoms with Gasteiger partial charge in [-0.25, -0.2) is 0 Å². The lowest BCUT2D eigenvalue weighted by atomic mass is 10.1. The van der Waals surface area contributed by atoms with Crippen molar-refractivity contribution in [1.29, 1.82) is 0 Å². The van der Waals surface area contributed by atoms with Crippen LogP contribution in [0.15, 0.2) is 35.3 Å². The van der Waals surface area contributed by atoms with Gasteiger partial charge in [-0.2, -0.15) is 13.2 Å². The Bertz CT molecular complexity index is 308. The highest BCUT2D eigenvalue weighted by atomic mass is 27.0. The van der Waals surface area contributed by atoms with E-state index in [9.17, 15) is 13.2 Å². The highest BCUT2D eigenvalue weighted by molar-refractivity contribution is 6.49. The van der Waals surface area contributed by atoms with Crippen LogP contribution in [0.1, 0.15) is 11.6 Å². The number of benzene rings is 1. The van der Waals surface area contributed by atoms with Gasteiger partial charge in [0.25, 0.3) is 16.3 Å². The summed E-state index contributed by atoms with van der Waals surface area (Å²) in [6.45, 7) is 0. The third-order valence-corrected chi connectivity index (χ3v) is 2.02. The van der Waals surface area contributed by atoms with E-state index in [1.165, 1.54) is 17.2 Å². The number of aliphatic imine (C=N–C) groups is 1. The maximum atomic E-state index is 12.5. The fraction of sp³-hybridized carbons (Fsp3) is 0.222. The zero-order chi connectivity index (χ0) is 10.6. The molecule has 1 rings (SSSR count). The van der Waals surface area contributed by atoms with Crippen LogP contribution in [0.4, 0.5) is 13.2 Å². The van der Waals surface area contributed by atoms with Gasteiger partial charge in [0.1, 0.15) is 0 Å². The largest absolute Gasteiger partial charge is 0.414 e. The van der Waals surface area contributed by atoms with E-state index >= 15 is 0 Å². The Labute approximate surface area is 88.1 Å². The topological polar surface area (TPSA) is 12.4 Å². The van der Waals surface area contributed by atoms with Crippen LogP contribution in [0.3, 0.4) is 0 Å². The average molecular weight is 215 g/mol. The molecule has 0 saturated heterocycles. The second-order valence-corrected chi connectivity index (χ2v) is 3.28.